The smallest absolute Gasteiger partial charge is 0.303 e. The van der Waals surface area contributed by atoms with Crippen molar-refractivity contribution >= 4 is 11.7 Å². The largest absolute Gasteiger partial charge is 0.481 e. The molecule has 3 heteroatoms. The molecule has 1 N–H and O–H groups in total. The second-order valence-corrected chi connectivity index (χ2v) is 5.77. The fourth-order valence-electron chi connectivity index (χ4n) is 2.71. The first kappa shape index (κ1) is 13.9. The molecule has 0 unspecified atom stereocenters. The Morgan fingerprint density at radius 3 is 2.32 bits per heavy atom. The van der Waals surface area contributed by atoms with Gasteiger partial charge in [-0.2, -0.15) is 0 Å². The maximum Gasteiger partial charge on any atom is 0.303 e. The lowest BCUT2D eigenvalue weighted by atomic mass is 9.93. The highest BCUT2D eigenvalue weighted by molar-refractivity contribution is 5.67. The molecule has 19 heavy (non-hydrogen) atoms. The topological polar surface area (TPSA) is 40.5 Å². The Hall–Kier alpha value is -1.51. The summed E-state index contributed by atoms with van der Waals surface area (Å²) in [6.45, 7) is 6.34. The summed E-state index contributed by atoms with van der Waals surface area (Å²) in [6.07, 6.45) is 2.29. The van der Waals surface area contributed by atoms with Crippen molar-refractivity contribution in [2.75, 3.05) is 18.0 Å². The van der Waals surface area contributed by atoms with Crippen molar-refractivity contribution in [3.05, 3.63) is 29.8 Å². The van der Waals surface area contributed by atoms with Crippen LogP contribution in [0.25, 0.3) is 0 Å². The third-order valence-electron chi connectivity index (χ3n) is 4.00. The minimum Gasteiger partial charge on any atom is -0.481 e. The molecule has 0 amide bonds. The van der Waals surface area contributed by atoms with Gasteiger partial charge in [-0.3, -0.25) is 4.79 Å². The number of aliphatic carboxylic acids is 1. The van der Waals surface area contributed by atoms with Crippen molar-refractivity contribution in [1.82, 2.24) is 0 Å². The summed E-state index contributed by atoms with van der Waals surface area (Å²) < 4.78 is 0. The van der Waals surface area contributed by atoms with Gasteiger partial charge in [0.25, 0.3) is 0 Å². The summed E-state index contributed by atoms with van der Waals surface area (Å²) in [5, 5.41) is 8.82. The number of nitrogens with zero attached hydrogens (tertiary/aromatic N) is 1. The highest BCUT2D eigenvalue weighted by atomic mass is 16.4. The molecule has 0 aliphatic carbocycles. The third-order valence-corrected chi connectivity index (χ3v) is 4.00. The van der Waals surface area contributed by atoms with E-state index in [0.29, 0.717) is 18.3 Å². The van der Waals surface area contributed by atoms with E-state index in [2.05, 4.69) is 43.0 Å². The molecule has 1 aliphatic rings. The second kappa shape index (κ2) is 6.09. The maximum atomic E-state index is 10.7. The number of piperidine rings is 1. The van der Waals surface area contributed by atoms with Gasteiger partial charge in [0.05, 0.1) is 0 Å². The molecular weight excluding hydrogens is 238 g/mol. The number of benzene rings is 1. The van der Waals surface area contributed by atoms with Gasteiger partial charge in [-0.05, 0) is 42.4 Å². The van der Waals surface area contributed by atoms with Crippen LogP contribution in [0.2, 0.25) is 0 Å². The van der Waals surface area contributed by atoms with E-state index < -0.39 is 5.97 Å². The van der Waals surface area contributed by atoms with Crippen LogP contribution in [0.3, 0.4) is 0 Å². The zero-order valence-corrected chi connectivity index (χ0v) is 11.8. The van der Waals surface area contributed by atoms with Crippen LogP contribution in [-0.2, 0) is 4.79 Å². The highest BCUT2D eigenvalue weighted by Crippen LogP contribution is 2.26. The molecule has 1 aromatic carbocycles. The predicted octanol–water partition coefficient (Wildman–Crippen LogP) is 3.50. The van der Waals surface area contributed by atoms with E-state index >= 15 is 0 Å². The molecule has 0 saturated carbocycles. The number of rotatable bonds is 4. The van der Waals surface area contributed by atoms with Gasteiger partial charge in [-0.15, -0.1) is 0 Å². The molecule has 1 fully saturated rings. The fraction of sp³-hybridized carbons (Fsp3) is 0.562. The van der Waals surface area contributed by atoms with Crippen molar-refractivity contribution in [1.29, 1.82) is 0 Å². The SMILES string of the molecule is CC(C)c1ccc(N2CCC(CC(=O)O)CC2)cc1. The highest BCUT2D eigenvalue weighted by Gasteiger charge is 2.21. The molecule has 0 bridgehead atoms. The Kier molecular flexibility index (Phi) is 4.46. The number of hydrogen-bond acceptors (Lipinski definition) is 2. The second-order valence-electron chi connectivity index (χ2n) is 5.77. The lowest BCUT2D eigenvalue weighted by molar-refractivity contribution is -0.138. The average molecular weight is 261 g/mol. The molecule has 1 aliphatic heterocycles. The van der Waals surface area contributed by atoms with Crippen molar-refractivity contribution < 1.29 is 9.90 Å². The molecule has 0 aromatic heterocycles. The van der Waals surface area contributed by atoms with Gasteiger partial charge in [-0.25, -0.2) is 0 Å². The van der Waals surface area contributed by atoms with Gasteiger partial charge >= 0.3 is 5.97 Å². The normalized spacial score (nSPS) is 16.9. The van der Waals surface area contributed by atoms with Crippen molar-refractivity contribution in [3.63, 3.8) is 0 Å². The molecule has 0 atom stereocenters. The summed E-state index contributed by atoms with van der Waals surface area (Å²) in [6, 6.07) is 8.77. The van der Waals surface area contributed by atoms with E-state index in [-0.39, 0.29) is 0 Å². The standard InChI is InChI=1S/C16H23NO2/c1-12(2)14-3-5-15(6-4-14)17-9-7-13(8-10-17)11-16(18)19/h3-6,12-13H,7-11H2,1-2H3,(H,18,19). The molecule has 2 rings (SSSR count). The van der Waals surface area contributed by atoms with E-state index in [1.165, 1.54) is 11.3 Å². The Balaban J connectivity index is 1.92. The molecule has 0 radical (unpaired) electrons. The first-order valence-corrected chi connectivity index (χ1v) is 7.13. The maximum absolute atomic E-state index is 10.7. The van der Waals surface area contributed by atoms with Crippen LogP contribution in [0, 0.1) is 5.92 Å². The number of anilines is 1. The molecule has 1 aromatic rings. The van der Waals surface area contributed by atoms with Crippen LogP contribution in [-0.4, -0.2) is 24.2 Å². The first-order valence-electron chi connectivity index (χ1n) is 7.13. The molecule has 1 saturated heterocycles. The minimum atomic E-state index is -0.667. The van der Waals surface area contributed by atoms with Gasteiger partial charge in [0, 0.05) is 25.2 Å². The average Bonchev–Trinajstić information content (AvgIpc) is 2.39. The number of carboxylic acids is 1. The van der Waals surface area contributed by atoms with Gasteiger partial charge in [0.15, 0.2) is 0 Å². The van der Waals surface area contributed by atoms with Gasteiger partial charge in [0.2, 0.25) is 0 Å². The minimum absolute atomic E-state index is 0.320. The number of carbonyl (C=O) groups is 1. The van der Waals surface area contributed by atoms with Gasteiger partial charge in [-0.1, -0.05) is 26.0 Å². The van der Waals surface area contributed by atoms with E-state index in [0.717, 1.165) is 25.9 Å². The summed E-state index contributed by atoms with van der Waals surface area (Å²) in [5.74, 6) is 0.249. The monoisotopic (exact) mass is 261 g/mol. The molecule has 1 heterocycles. The predicted molar refractivity (Wildman–Crippen MR) is 77.7 cm³/mol. The quantitative estimate of drug-likeness (QED) is 0.901. The van der Waals surface area contributed by atoms with Gasteiger partial charge < -0.3 is 10.0 Å². The van der Waals surface area contributed by atoms with E-state index in [9.17, 15) is 4.79 Å². The first-order chi connectivity index (χ1) is 9.06. The summed E-state index contributed by atoms with van der Waals surface area (Å²) in [4.78, 5) is 13.1. The van der Waals surface area contributed by atoms with E-state index in [1.54, 1.807) is 0 Å². The van der Waals surface area contributed by atoms with Crippen LogP contribution in [0.1, 0.15) is 44.6 Å². The summed E-state index contributed by atoms with van der Waals surface area (Å²) >= 11 is 0. The lowest BCUT2D eigenvalue weighted by Gasteiger charge is -2.33. The number of hydrogen-bond donors (Lipinski definition) is 1. The van der Waals surface area contributed by atoms with Gasteiger partial charge in [0.1, 0.15) is 0 Å². The zero-order valence-electron chi connectivity index (χ0n) is 11.8. The Labute approximate surface area is 115 Å². The lowest BCUT2D eigenvalue weighted by Crippen LogP contribution is -2.34. The molecule has 0 spiro atoms. The Morgan fingerprint density at radius 1 is 1.26 bits per heavy atom. The third kappa shape index (κ3) is 3.72. The fourth-order valence-corrected chi connectivity index (χ4v) is 2.71. The van der Waals surface area contributed by atoms with Crippen LogP contribution >= 0.6 is 0 Å². The molecule has 104 valence electrons. The Morgan fingerprint density at radius 2 is 1.84 bits per heavy atom. The summed E-state index contributed by atoms with van der Waals surface area (Å²) in [5.41, 5.74) is 2.63. The number of carboxylic acid groups (broad SMARTS) is 1. The van der Waals surface area contributed by atoms with Crippen LogP contribution in [0.15, 0.2) is 24.3 Å². The van der Waals surface area contributed by atoms with E-state index in [4.69, 9.17) is 5.11 Å². The van der Waals surface area contributed by atoms with Crippen LogP contribution in [0.4, 0.5) is 5.69 Å². The van der Waals surface area contributed by atoms with Crippen molar-refractivity contribution in [2.45, 2.75) is 39.0 Å². The van der Waals surface area contributed by atoms with Crippen molar-refractivity contribution in [2.24, 2.45) is 5.92 Å². The molecule has 3 nitrogen and oxygen atoms in total. The van der Waals surface area contributed by atoms with Crippen molar-refractivity contribution in [3.8, 4) is 0 Å². The van der Waals surface area contributed by atoms with Crippen LogP contribution in [0.5, 0.6) is 0 Å². The van der Waals surface area contributed by atoms with E-state index in [1.807, 2.05) is 0 Å². The van der Waals surface area contributed by atoms with Crippen LogP contribution < -0.4 is 4.90 Å². The summed E-state index contributed by atoms with van der Waals surface area (Å²) in [7, 11) is 0. The Bertz CT molecular complexity index is 417. The molecular formula is C16H23NO2. The zero-order chi connectivity index (χ0) is 13.8.